The molecule has 6 heteroatoms. The molecule has 6 nitrogen and oxygen atoms in total. The van der Waals surface area contributed by atoms with Gasteiger partial charge in [0.15, 0.2) is 11.2 Å². The number of oxazole rings is 2. The van der Waals surface area contributed by atoms with Gasteiger partial charge in [-0.15, -0.1) is 0 Å². The third-order valence-corrected chi connectivity index (χ3v) is 9.23. The molecule has 0 aliphatic rings. The molecule has 0 saturated heterocycles. The van der Waals surface area contributed by atoms with Crippen LogP contribution in [0.25, 0.3) is 72.6 Å². The monoisotopic (exact) mass is 644 g/mol. The number of benzene rings is 7. The first-order valence-corrected chi connectivity index (χ1v) is 16.6. The molecule has 0 radical (unpaired) electrons. The fraction of sp³-hybridized carbons (Fsp3) is 0. The van der Waals surface area contributed by atoms with Crippen LogP contribution in [0.4, 0.5) is 17.1 Å². The van der Waals surface area contributed by atoms with Crippen molar-refractivity contribution in [2.24, 2.45) is 0 Å². The first-order valence-electron chi connectivity index (χ1n) is 16.6. The molecule has 0 aliphatic carbocycles. The van der Waals surface area contributed by atoms with Crippen LogP contribution in [0, 0.1) is 0 Å². The summed E-state index contributed by atoms with van der Waals surface area (Å²) in [5, 5.41) is 2.33. The number of rotatable bonds is 6. The lowest BCUT2D eigenvalue weighted by Gasteiger charge is -2.25. The van der Waals surface area contributed by atoms with Crippen LogP contribution < -0.4 is 4.90 Å². The summed E-state index contributed by atoms with van der Waals surface area (Å²) >= 11 is 0. The smallest absolute Gasteiger partial charge is 0.227 e. The Morgan fingerprint density at radius 2 is 0.960 bits per heavy atom. The van der Waals surface area contributed by atoms with Crippen LogP contribution in [0.15, 0.2) is 179 Å². The molecule has 0 saturated carbocycles. The Morgan fingerprint density at radius 1 is 0.420 bits per heavy atom. The van der Waals surface area contributed by atoms with Crippen LogP contribution in [0.1, 0.15) is 0 Å². The van der Waals surface area contributed by atoms with Crippen LogP contribution in [0.5, 0.6) is 0 Å². The molecule has 0 spiro atoms. The van der Waals surface area contributed by atoms with E-state index in [0.717, 1.165) is 61.3 Å². The number of aromatic nitrogens is 3. The van der Waals surface area contributed by atoms with E-state index in [1.165, 1.54) is 5.39 Å². The molecule has 0 fully saturated rings. The lowest BCUT2D eigenvalue weighted by atomic mass is 10.1. The van der Waals surface area contributed by atoms with E-state index in [4.69, 9.17) is 18.8 Å². The average Bonchev–Trinajstić information content (AvgIpc) is 3.89. The van der Waals surface area contributed by atoms with Gasteiger partial charge in [0.05, 0.1) is 11.0 Å². The number of anilines is 3. The summed E-state index contributed by atoms with van der Waals surface area (Å²) in [6.45, 7) is 0. The van der Waals surface area contributed by atoms with Gasteiger partial charge >= 0.3 is 0 Å². The van der Waals surface area contributed by atoms with Crippen molar-refractivity contribution >= 4 is 61.1 Å². The van der Waals surface area contributed by atoms with Crippen molar-refractivity contribution in [2.45, 2.75) is 0 Å². The Bertz CT molecular complexity index is 2780. The van der Waals surface area contributed by atoms with E-state index in [-0.39, 0.29) is 0 Å². The maximum atomic E-state index is 6.40. The van der Waals surface area contributed by atoms with Crippen molar-refractivity contribution in [1.82, 2.24) is 14.5 Å². The quantitative estimate of drug-likeness (QED) is 0.180. The number of nitrogens with zero attached hydrogens (tertiary/aromatic N) is 4. The fourth-order valence-electron chi connectivity index (χ4n) is 6.92. The summed E-state index contributed by atoms with van der Waals surface area (Å²) < 4.78 is 15.1. The molecule has 7 aromatic carbocycles. The molecule has 0 bridgehead atoms. The van der Waals surface area contributed by atoms with E-state index in [2.05, 4.69) is 107 Å². The molecule has 3 aromatic heterocycles. The summed E-state index contributed by atoms with van der Waals surface area (Å²) in [6, 6.07) is 58.0. The zero-order valence-electron chi connectivity index (χ0n) is 26.8. The predicted octanol–water partition coefficient (Wildman–Crippen LogP) is 11.9. The van der Waals surface area contributed by atoms with E-state index in [9.17, 15) is 0 Å². The van der Waals surface area contributed by atoms with Gasteiger partial charge in [-0.1, -0.05) is 72.8 Å². The van der Waals surface area contributed by atoms with Crippen LogP contribution in [-0.2, 0) is 0 Å². The molecule has 0 atom stereocenters. The number of para-hydroxylation sites is 4. The molecule has 0 N–H and O–H groups in total. The minimum Gasteiger partial charge on any atom is -0.436 e. The van der Waals surface area contributed by atoms with Crippen LogP contribution in [0.2, 0.25) is 0 Å². The largest absolute Gasteiger partial charge is 0.436 e. The second kappa shape index (κ2) is 11.4. The highest BCUT2D eigenvalue weighted by Crippen LogP contribution is 2.38. The van der Waals surface area contributed by atoms with E-state index < -0.39 is 0 Å². The van der Waals surface area contributed by atoms with Gasteiger partial charge in [0.1, 0.15) is 11.0 Å². The topological polar surface area (TPSA) is 60.2 Å². The summed E-state index contributed by atoms with van der Waals surface area (Å²) in [5.74, 6) is 1.10. The summed E-state index contributed by atoms with van der Waals surface area (Å²) in [4.78, 5) is 11.9. The molecule has 50 heavy (non-hydrogen) atoms. The molecular weight excluding hydrogens is 617 g/mol. The molecule has 3 heterocycles. The summed E-state index contributed by atoms with van der Waals surface area (Å²) in [7, 11) is 0. The van der Waals surface area contributed by atoms with Gasteiger partial charge < -0.3 is 18.3 Å². The minimum absolute atomic E-state index is 0.526. The van der Waals surface area contributed by atoms with Crippen LogP contribution in [-0.4, -0.2) is 14.5 Å². The molecule has 10 aromatic rings. The minimum atomic E-state index is 0.526. The predicted molar refractivity (Wildman–Crippen MR) is 201 cm³/mol. The number of fused-ring (bicyclic) bond motifs is 5. The van der Waals surface area contributed by atoms with Crippen molar-refractivity contribution < 1.29 is 8.83 Å². The highest BCUT2D eigenvalue weighted by molar-refractivity contribution is 6.10. The number of hydrogen-bond acceptors (Lipinski definition) is 5. The Balaban J connectivity index is 1.02. The summed E-state index contributed by atoms with van der Waals surface area (Å²) in [6.07, 6.45) is 0. The standard InChI is InChI=1S/C44H28N4O2/c1-4-12-31(13-5-1)47(32-14-6-2-7-15-32)34-22-24-38-42(28-34)50-44(46-38)30-20-23-37-41(27-30)49-43(45-37)29-21-25-40-36(26-29)35-18-10-11-19-39(35)48(40)33-16-8-3-9-17-33/h1-28H. The van der Waals surface area contributed by atoms with Crippen LogP contribution >= 0.6 is 0 Å². The lowest BCUT2D eigenvalue weighted by molar-refractivity contribution is 0.614. The molecule has 10 rings (SSSR count). The highest BCUT2D eigenvalue weighted by Gasteiger charge is 2.18. The van der Waals surface area contributed by atoms with Crippen molar-refractivity contribution in [3.63, 3.8) is 0 Å². The van der Waals surface area contributed by atoms with Gasteiger partial charge in [0.25, 0.3) is 0 Å². The molecule has 236 valence electrons. The molecular formula is C44H28N4O2. The van der Waals surface area contributed by atoms with Crippen molar-refractivity contribution in [3.8, 4) is 28.6 Å². The SMILES string of the molecule is c1ccc(N(c2ccccc2)c2ccc3nc(-c4ccc5nc(-c6ccc7c(c6)c6ccccc6n7-c6ccccc6)oc5c4)oc3c2)cc1. The zero-order chi connectivity index (χ0) is 33.0. The van der Waals surface area contributed by atoms with Gasteiger partial charge in [0, 0.05) is 50.7 Å². The van der Waals surface area contributed by atoms with Gasteiger partial charge in [-0.3, -0.25) is 0 Å². The second-order valence-corrected chi connectivity index (χ2v) is 12.3. The second-order valence-electron chi connectivity index (χ2n) is 12.3. The maximum absolute atomic E-state index is 6.40. The Morgan fingerprint density at radius 3 is 1.66 bits per heavy atom. The van der Waals surface area contributed by atoms with Crippen molar-refractivity contribution in [2.75, 3.05) is 4.90 Å². The Kier molecular flexibility index (Phi) is 6.39. The Hall–Kier alpha value is -6.92. The van der Waals surface area contributed by atoms with E-state index in [1.54, 1.807) is 0 Å². The van der Waals surface area contributed by atoms with Gasteiger partial charge in [-0.2, -0.15) is 0 Å². The van der Waals surface area contributed by atoms with Crippen LogP contribution in [0.3, 0.4) is 0 Å². The lowest BCUT2D eigenvalue weighted by Crippen LogP contribution is -2.09. The van der Waals surface area contributed by atoms with Gasteiger partial charge in [0.2, 0.25) is 11.8 Å². The highest BCUT2D eigenvalue weighted by atomic mass is 16.4. The van der Waals surface area contributed by atoms with E-state index in [0.29, 0.717) is 22.9 Å². The van der Waals surface area contributed by atoms with Crippen molar-refractivity contribution in [1.29, 1.82) is 0 Å². The first-order chi connectivity index (χ1) is 24.8. The fourth-order valence-corrected chi connectivity index (χ4v) is 6.92. The first kappa shape index (κ1) is 28.1. The molecule has 0 aliphatic heterocycles. The van der Waals surface area contributed by atoms with Gasteiger partial charge in [-0.25, -0.2) is 9.97 Å². The summed E-state index contributed by atoms with van der Waals surface area (Å²) in [5.41, 5.74) is 11.2. The van der Waals surface area contributed by atoms with E-state index >= 15 is 0 Å². The normalized spacial score (nSPS) is 11.6. The third-order valence-electron chi connectivity index (χ3n) is 9.23. The maximum Gasteiger partial charge on any atom is 0.227 e. The molecule has 0 unspecified atom stereocenters. The third kappa shape index (κ3) is 4.65. The average molecular weight is 645 g/mol. The number of hydrogen-bond donors (Lipinski definition) is 0. The molecule has 0 amide bonds. The Labute approximate surface area is 287 Å². The van der Waals surface area contributed by atoms with E-state index in [1.807, 2.05) is 72.8 Å². The van der Waals surface area contributed by atoms with Crippen molar-refractivity contribution in [3.05, 3.63) is 170 Å². The zero-order valence-corrected chi connectivity index (χ0v) is 26.8. The van der Waals surface area contributed by atoms with Gasteiger partial charge in [-0.05, 0) is 91.0 Å².